The van der Waals surface area contributed by atoms with Gasteiger partial charge in [0, 0.05) is 19.7 Å². The number of hydrogen-bond donors (Lipinski definition) is 1. The van der Waals surface area contributed by atoms with Crippen LogP contribution in [0.4, 0.5) is 0 Å². The fourth-order valence-corrected chi connectivity index (χ4v) is 7.44. The molecule has 136 valence electrons. The molecule has 1 heterocycles. The van der Waals surface area contributed by atoms with Crippen LogP contribution < -0.4 is 10.1 Å². The molecule has 0 bridgehead atoms. The molecular weight excluding hydrogens is 354 g/mol. The summed E-state index contributed by atoms with van der Waals surface area (Å²) in [7, 11) is -5.63. The Morgan fingerprint density at radius 1 is 1.21 bits per heavy atom. The Morgan fingerprint density at radius 2 is 1.88 bits per heavy atom. The molecule has 0 aromatic heterocycles. The van der Waals surface area contributed by atoms with Crippen LogP contribution in [0.3, 0.4) is 0 Å². The normalized spacial score (nSPS) is 23.2. The van der Waals surface area contributed by atoms with Crippen molar-refractivity contribution in [1.82, 2.24) is 5.32 Å². The van der Waals surface area contributed by atoms with Crippen LogP contribution in [0.2, 0.25) is 0 Å². The van der Waals surface area contributed by atoms with Gasteiger partial charge in [0.15, 0.2) is 19.7 Å². The molecule has 1 aliphatic heterocycles. The van der Waals surface area contributed by atoms with Crippen LogP contribution in [0.15, 0.2) is 29.2 Å². The average Bonchev–Trinajstić information content (AvgIpc) is 2.84. The molecule has 1 fully saturated rings. The summed E-state index contributed by atoms with van der Waals surface area (Å²) in [5.74, 6) is 0.0236. The minimum Gasteiger partial charge on any atom is -0.494 e. The Kier molecular flexibility index (Phi) is 6.24. The van der Waals surface area contributed by atoms with Crippen molar-refractivity contribution in [3.05, 3.63) is 24.3 Å². The predicted molar refractivity (Wildman–Crippen MR) is 90.9 cm³/mol. The van der Waals surface area contributed by atoms with Crippen LogP contribution >= 0.6 is 0 Å². The van der Waals surface area contributed by atoms with Crippen molar-refractivity contribution in [3.8, 4) is 5.75 Å². The number of nitrogens with one attached hydrogen (secondary N) is 1. The highest BCUT2D eigenvalue weighted by Gasteiger charge is 2.45. The Bertz CT molecular complexity index is 743. The van der Waals surface area contributed by atoms with Crippen molar-refractivity contribution in [2.45, 2.75) is 23.1 Å². The average molecular weight is 377 g/mol. The van der Waals surface area contributed by atoms with Gasteiger partial charge in [0.05, 0.1) is 34.9 Å². The number of sulfone groups is 2. The number of ether oxygens (including phenoxy) is 2. The van der Waals surface area contributed by atoms with E-state index in [1.54, 1.807) is 12.1 Å². The minimum absolute atomic E-state index is 0.103. The number of hydrogen-bond acceptors (Lipinski definition) is 7. The maximum absolute atomic E-state index is 12.9. The summed E-state index contributed by atoms with van der Waals surface area (Å²) in [4.78, 5) is 0.103. The van der Waals surface area contributed by atoms with E-state index >= 15 is 0 Å². The van der Waals surface area contributed by atoms with E-state index in [1.807, 2.05) is 6.92 Å². The van der Waals surface area contributed by atoms with Gasteiger partial charge in [-0.1, -0.05) is 0 Å². The summed E-state index contributed by atoms with van der Waals surface area (Å²) in [5.41, 5.74) is 0. The van der Waals surface area contributed by atoms with Gasteiger partial charge < -0.3 is 14.8 Å². The molecule has 9 heteroatoms. The van der Waals surface area contributed by atoms with Crippen LogP contribution in [-0.2, 0) is 24.4 Å². The summed E-state index contributed by atoms with van der Waals surface area (Å²) < 4.78 is 59.8. The molecule has 0 unspecified atom stereocenters. The van der Waals surface area contributed by atoms with E-state index in [1.165, 1.54) is 19.2 Å². The Labute approximate surface area is 143 Å². The molecular formula is C15H23NO6S2. The summed E-state index contributed by atoms with van der Waals surface area (Å²) in [6, 6.07) is 5.43. The van der Waals surface area contributed by atoms with Crippen molar-refractivity contribution in [2.75, 3.05) is 38.4 Å². The molecule has 0 saturated carbocycles. The molecule has 2 atom stereocenters. The smallest absolute Gasteiger partial charge is 0.183 e. The van der Waals surface area contributed by atoms with Crippen LogP contribution in [0.5, 0.6) is 5.75 Å². The Morgan fingerprint density at radius 3 is 2.46 bits per heavy atom. The van der Waals surface area contributed by atoms with Gasteiger partial charge in [0.2, 0.25) is 0 Å². The zero-order chi connectivity index (χ0) is 17.8. The summed E-state index contributed by atoms with van der Waals surface area (Å²) in [6.45, 7) is 3.10. The van der Waals surface area contributed by atoms with E-state index in [9.17, 15) is 16.8 Å². The van der Waals surface area contributed by atoms with Crippen molar-refractivity contribution in [2.24, 2.45) is 0 Å². The largest absolute Gasteiger partial charge is 0.494 e. The van der Waals surface area contributed by atoms with Crippen molar-refractivity contribution in [1.29, 1.82) is 0 Å². The van der Waals surface area contributed by atoms with E-state index in [4.69, 9.17) is 9.47 Å². The van der Waals surface area contributed by atoms with Crippen LogP contribution in [0, 0.1) is 0 Å². The van der Waals surface area contributed by atoms with Crippen molar-refractivity contribution in [3.63, 3.8) is 0 Å². The molecule has 1 saturated heterocycles. The molecule has 1 aliphatic rings. The monoisotopic (exact) mass is 377 g/mol. The lowest BCUT2D eigenvalue weighted by atomic mass is 10.2. The lowest BCUT2D eigenvalue weighted by Gasteiger charge is -2.20. The SMILES string of the molecule is CCOc1ccc(S(=O)(=O)[C@@H]2CS(=O)(=O)C[C@H]2NCCOC)cc1. The zero-order valence-corrected chi connectivity index (χ0v) is 15.4. The van der Waals surface area contributed by atoms with Gasteiger partial charge >= 0.3 is 0 Å². The number of rotatable bonds is 8. The highest BCUT2D eigenvalue weighted by Crippen LogP contribution is 2.27. The number of methoxy groups -OCH3 is 1. The first-order chi connectivity index (χ1) is 11.3. The van der Waals surface area contributed by atoms with Gasteiger partial charge in [-0.2, -0.15) is 0 Å². The highest BCUT2D eigenvalue weighted by atomic mass is 32.2. The maximum Gasteiger partial charge on any atom is 0.183 e. The first kappa shape index (κ1) is 19.2. The topological polar surface area (TPSA) is 98.8 Å². The second-order valence-corrected chi connectivity index (χ2v) is 9.94. The molecule has 0 spiro atoms. The lowest BCUT2D eigenvalue weighted by Crippen LogP contribution is -2.44. The molecule has 1 aromatic rings. The van der Waals surface area contributed by atoms with E-state index in [2.05, 4.69) is 5.32 Å². The van der Waals surface area contributed by atoms with Crippen LogP contribution in [-0.4, -0.2) is 66.5 Å². The predicted octanol–water partition coefficient (Wildman–Crippen LogP) is 0.261. The van der Waals surface area contributed by atoms with Crippen LogP contribution in [0.25, 0.3) is 0 Å². The number of benzene rings is 1. The van der Waals surface area contributed by atoms with Gasteiger partial charge in [0.25, 0.3) is 0 Å². The molecule has 1 N–H and O–H groups in total. The quantitative estimate of drug-likeness (QED) is 0.649. The first-order valence-corrected chi connectivity index (χ1v) is 11.1. The summed E-state index contributed by atoms with van der Waals surface area (Å²) in [6.07, 6.45) is 0. The second-order valence-electron chi connectivity index (χ2n) is 5.62. The zero-order valence-electron chi connectivity index (χ0n) is 13.8. The maximum atomic E-state index is 12.9. The molecule has 1 aromatic carbocycles. The van der Waals surface area contributed by atoms with Crippen molar-refractivity contribution < 1.29 is 26.3 Å². The van der Waals surface area contributed by atoms with Gasteiger partial charge in [-0.25, -0.2) is 16.8 Å². The third-order valence-electron chi connectivity index (χ3n) is 3.88. The fourth-order valence-electron chi connectivity index (χ4n) is 2.72. The van der Waals surface area contributed by atoms with Gasteiger partial charge in [-0.3, -0.25) is 0 Å². The Hall–Kier alpha value is -1.16. The molecule has 24 heavy (non-hydrogen) atoms. The van der Waals surface area contributed by atoms with Gasteiger partial charge in [-0.05, 0) is 31.2 Å². The standard InChI is InChI=1S/C15H23NO6S2/c1-3-22-12-4-6-13(7-5-12)24(19,20)15-11-23(17,18)10-14(15)16-8-9-21-2/h4-7,14-16H,3,8-11H2,1-2H3/t14-,15-/m1/s1. The molecule has 0 amide bonds. The van der Waals surface area contributed by atoms with Gasteiger partial charge in [-0.15, -0.1) is 0 Å². The second kappa shape index (κ2) is 7.81. The molecule has 7 nitrogen and oxygen atoms in total. The van der Waals surface area contributed by atoms with E-state index in [-0.39, 0.29) is 16.4 Å². The molecule has 0 radical (unpaired) electrons. The van der Waals surface area contributed by atoms with E-state index in [0.29, 0.717) is 25.5 Å². The highest BCUT2D eigenvalue weighted by molar-refractivity contribution is 7.96. The van der Waals surface area contributed by atoms with E-state index in [0.717, 1.165) is 0 Å². The summed E-state index contributed by atoms with van der Waals surface area (Å²) in [5, 5.41) is 1.99. The Balaban J connectivity index is 2.24. The molecule has 2 rings (SSSR count). The van der Waals surface area contributed by atoms with Crippen molar-refractivity contribution >= 4 is 19.7 Å². The fraction of sp³-hybridized carbons (Fsp3) is 0.600. The van der Waals surface area contributed by atoms with Gasteiger partial charge in [0.1, 0.15) is 5.75 Å². The first-order valence-electron chi connectivity index (χ1n) is 7.69. The lowest BCUT2D eigenvalue weighted by molar-refractivity contribution is 0.196. The van der Waals surface area contributed by atoms with E-state index < -0.39 is 31.0 Å². The summed E-state index contributed by atoms with van der Waals surface area (Å²) >= 11 is 0. The third kappa shape index (κ3) is 4.47. The molecule has 0 aliphatic carbocycles. The van der Waals surface area contributed by atoms with Crippen LogP contribution in [0.1, 0.15) is 6.92 Å². The minimum atomic E-state index is -3.77. The third-order valence-corrected chi connectivity index (χ3v) is 8.04.